The van der Waals surface area contributed by atoms with Crippen LogP contribution < -0.4 is 0 Å². The molecule has 0 unspecified atom stereocenters. The van der Waals surface area contributed by atoms with Crippen LogP contribution in [0, 0.1) is 6.92 Å². The smallest absolute Gasteiger partial charge is 0.317 e. The predicted octanol–water partition coefficient (Wildman–Crippen LogP) is 2.69. The van der Waals surface area contributed by atoms with Gasteiger partial charge in [0.05, 0.1) is 23.0 Å². The van der Waals surface area contributed by atoms with E-state index in [1.165, 1.54) is 12.8 Å². The van der Waals surface area contributed by atoms with Gasteiger partial charge in [-0.25, -0.2) is 0 Å². The van der Waals surface area contributed by atoms with E-state index in [9.17, 15) is 4.79 Å². The molecule has 0 spiro atoms. The minimum atomic E-state index is -0.785. The number of aliphatic carboxylic acids is 1. The van der Waals surface area contributed by atoms with Crippen molar-refractivity contribution in [3.8, 4) is 0 Å². The van der Waals surface area contributed by atoms with E-state index in [2.05, 4.69) is 5.10 Å². The van der Waals surface area contributed by atoms with Crippen LogP contribution in [0.2, 0.25) is 5.02 Å². The first-order valence-electron chi connectivity index (χ1n) is 7.20. The van der Waals surface area contributed by atoms with E-state index < -0.39 is 5.97 Å². The summed E-state index contributed by atoms with van der Waals surface area (Å²) >= 11 is 6.32. The van der Waals surface area contributed by atoms with Crippen LogP contribution in [0.3, 0.4) is 0 Å². The molecule has 1 fully saturated rings. The van der Waals surface area contributed by atoms with Gasteiger partial charge in [-0.2, -0.15) is 5.10 Å². The fourth-order valence-corrected chi connectivity index (χ4v) is 3.16. The average Bonchev–Trinajstić information content (AvgIpc) is 3.01. The molecule has 1 aliphatic rings. The maximum absolute atomic E-state index is 11.1. The van der Waals surface area contributed by atoms with Crippen LogP contribution in [0.4, 0.5) is 0 Å². The largest absolute Gasteiger partial charge is 0.480 e. The number of hydrogen-bond acceptors (Lipinski definition) is 3. The van der Waals surface area contributed by atoms with Crippen LogP contribution in [0.1, 0.15) is 44.0 Å². The molecule has 1 heterocycles. The molecule has 0 aliphatic heterocycles. The zero-order valence-electron chi connectivity index (χ0n) is 12.1. The van der Waals surface area contributed by atoms with Gasteiger partial charge in [-0.15, -0.1) is 0 Å². The van der Waals surface area contributed by atoms with Gasteiger partial charge in [-0.05, 0) is 26.7 Å². The Kier molecular flexibility index (Phi) is 5.05. The Morgan fingerprint density at radius 2 is 2.15 bits per heavy atom. The number of halogens is 1. The van der Waals surface area contributed by atoms with Gasteiger partial charge in [0.15, 0.2) is 0 Å². The Morgan fingerprint density at radius 1 is 1.50 bits per heavy atom. The highest BCUT2D eigenvalue weighted by molar-refractivity contribution is 6.31. The van der Waals surface area contributed by atoms with Crippen LogP contribution in [0.25, 0.3) is 0 Å². The van der Waals surface area contributed by atoms with Gasteiger partial charge < -0.3 is 5.11 Å². The summed E-state index contributed by atoms with van der Waals surface area (Å²) < 4.78 is 1.88. The Hall–Kier alpha value is -1.07. The van der Waals surface area contributed by atoms with Gasteiger partial charge in [0.2, 0.25) is 0 Å². The minimum absolute atomic E-state index is 0.0644. The third-order valence-corrected chi connectivity index (χ3v) is 4.48. The van der Waals surface area contributed by atoms with E-state index >= 15 is 0 Å². The topological polar surface area (TPSA) is 58.4 Å². The Morgan fingerprint density at radius 3 is 2.70 bits per heavy atom. The lowest BCUT2D eigenvalue weighted by Crippen LogP contribution is -2.37. The number of nitrogens with zero attached hydrogens (tertiary/aromatic N) is 3. The summed E-state index contributed by atoms with van der Waals surface area (Å²) in [7, 11) is 0. The van der Waals surface area contributed by atoms with Gasteiger partial charge in [-0.1, -0.05) is 24.4 Å². The molecule has 5 nitrogen and oxygen atoms in total. The van der Waals surface area contributed by atoms with Crippen LogP contribution in [0.5, 0.6) is 0 Å². The lowest BCUT2D eigenvalue weighted by Gasteiger charge is -2.27. The summed E-state index contributed by atoms with van der Waals surface area (Å²) in [5.41, 5.74) is 1.74. The quantitative estimate of drug-likeness (QED) is 0.877. The molecule has 1 aromatic heterocycles. The second kappa shape index (κ2) is 6.59. The molecule has 0 radical (unpaired) electrons. The normalized spacial score (nSPS) is 16.2. The molecule has 6 heteroatoms. The SMILES string of the molecule is CCn1nc(C)c(Cl)c1CN(CC(=O)O)C1CCCC1. The third kappa shape index (κ3) is 3.33. The highest BCUT2D eigenvalue weighted by Gasteiger charge is 2.26. The molecule has 0 bridgehead atoms. The molecule has 1 N–H and O–H groups in total. The number of aromatic nitrogens is 2. The molecular formula is C14H22ClN3O2. The molecule has 0 saturated heterocycles. The Balaban J connectivity index is 2.20. The van der Waals surface area contributed by atoms with Gasteiger partial charge in [0.1, 0.15) is 0 Å². The second-order valence-electron chi connectivity index (χ2n) is 5.40. The summed E-state index contributed by atoms with van der Waals surface area (Å²) in [6.07, 6.45) is 4.51. The molecule has 20 heavy (non-hydrogen) atoms. The average molecular weight is 300 g/mol. The first kappa shape index (κ1) is 15.3. The number of hydrogen-bond donors (Lipinski definition) is 1. The van der Waals surface area contributed by atoms with E-state index in [1.54, 1.807) is 0 Å². The van der Waals surface area contributed by atoms with Gasteiger partial charge in [0.25, 0.3) is 0 Å². The summed E-state index contributed by atoms with van der Waals surface area (Å²) in [4.78, 5) is 13.1. The molecule has 0 aromatic carbocycles. The Labute approximate surface area is 124 Å². The van der Waals surface area contributed by atoms with E-state index in [-0.39, 0.29) is 6.54 Å². The minimum Gasteiger partial charge on any atom is -0.480 e. The van der Waals surface area contributed by atoms with Crippen molar-refractivity contribution in [2.24, 2.45) is 0 Å². The Bertz CT molecular complexity index is 481. The van der Waals surface area contributed by atoms with E-state index in [4.69, 9.17) is 16.7 Å². The highest BCUT2D eigenvalue weighted by atomic mass is 35.5. The van der Waals surface area contributed by atoms with Crippen molar-refractivity contribution in [2.75, 3.05) is 6.54 Å². The van der Waals surface area contributed by atoms with Crippen molar-refractivity contribution in [1.82, 2.24) is 14.7 Å². The maximum atomic E-state index is 11.1. The summed E-state index contributed by atoms with van der Waals surface area (Å²) in [5, 5.41) is 14.2. The van der Waals surface area contributed by atoms with Crippen LogP contribution in [-0.2, 0) is 17.9 Å². The fourth-order valence-electron chi connectivity index (χ4n) is 2.97. The third-order valence-electron chi connectivity index (χ3n) is 3.99. The van der Waals surface area contributed by atoms with Gasteiger partial charge >= 0.3 is 5.97 Å². The van der Waals surface area contributed by atoms with Crippen molar-refractivity contribution in [1.29, 1.82) is 0 Å². The molecular weight excluding hydrogens is 278 g/mol. The van der Waals surface area contributed by atoms with Crippen LogP contribution >= 0.6 is 11.6 Å². The van der Waals surface area contributed by atoms with Crippen molar-refractivity contribution < 1.29 is 9.90 Å². The van der Waals surface area contributed by atoms with Crippen LogP contribution in [0.15, 0.2) is 0 Å². The van der Waals surface area contributed by atoms with Crippen molar-refractivity contribution >= 4 is 17.6 Å². The van der Waals surface area contributed by atoms with Gasteiger partial charge in [0, 0.05) is 19.1 Å². The fraction of sp³-hybridized carbons (Fsp3) is 0.714. The monoisotopic (exact) mass is 299 g/mol. The number of aryl methyl sites for hydroxylation is 2. The molecule has 1 aromatic rings. The van der Waals surface area contributed by atoms with Crippen molar-refractivity contribution in [3.63, 3.8) is 0 Å². The van der Waals surface area contributed by atoms with Gasteiger partial charge in [-0.3, -0.25) is 14.4 Å². The molecule has 112 valence electrons. The van der Waals surface area contributed by atoms with Crippen molar-refractivity contribution in [3.05, 3.63) is 16.4 Å². The van der Waals surface area contributed by atoms with E-state index in [1.807, 2.05) is 23.4 Å². The standard InChI is InChI=1S/C14H22ClN3O2/c1-3-18-12(14(15)10(2)16-18)8-17(9-13(19)20)11-6-4-5-7-11/h11H,3-9H2,1-2H3,(H,19,20). The van der Waals surface area contributed by atoms with E-state index in [0.29, 0.717) is 17.6 Å². The number of carboxylic acid groups (broad SMARTS) is 1. The number of carboxylic acids is 1. The van der Waals surface area contributed by atoms with Crippen LogP contribution in [-0.4, -0.2) is 38.3 Å². The van der Waals surface area contributed by atoms with E-state index in [0.717, 1.165) is 30.8 Å². The summed E-state index contributed by atoms with van der Waals surface area (Å²) in [5.74, 6) is -0.785. The zero-order valence-corrected chi connectivity index (χ0v) is 12.9. The predicted molar refractivity (Wildman–Crippen MR) is 77.9 cm³/mol. The molecule has 1 aliphatic carbocycles. The summed E-state index contributed by atoms with van der Waals surface area (Å²) in [6.45, 7) is 5.27. The lowest BCUT2D eigenvalue weighted by atomic mass is 10.2. The summed E-state index contributed by atoms with van der Waals surface area (Å²) in [6, 6.07) is 0.350. The second-order valence-corrected chi connectivity index (χ2v) is 5.78. The molecule has 1 saturated carbocycles. The first-order chi connectivity index (χ1) is 9.52. The first-order valence-corrected chi connectivity index (χ1v) is 7.58. The maximum Gasteiger partial charge on any atom is 0.317 e. The number of rotatable bonds is 6. The number of carbonyl (C=O) groups is 1. The molecule has 0 atom stereocenters. The lowest BCUT2D eigenvalue weighted by molar-refractivity contribution is -0.139. The highest BCUT2D eigenvalue weighted by Crippen LogP contribution is 2.27. The molecule has 2 rings (SSSR count). The van der Waals surface area contributed by atoms with Crippen molar-refractivity contribution in [2.45, 2.75) is 58.7 Å². The molecule has 0 amide bonds. The zero-order chi connectivity index (χ0) is 14.7.